The van der Waals surface area contributed by atoms with Crippen molar-refractivity contribution in [3.05, 3.63) is 131 Å². The zero-order valence-electron chi connectivity index (χ0n) is 28.4. The van der Waals surface area contributed by atoms with Crippen LogP contribution < -0.4 is 0 Å². The van der Waals surface area contributed by atoms with Crippen molar-refractivity contribution in [3.8, 4) is 11.1 Å². The van der Waals surface area contributed by atoms with E-state index in [1.165, 1.54) is 98.0 Å². The lowest BCUT2D eigenvalue weighted by atomic mass is 9.80. The average Bonchev–Trinajstić information content (AvgIpc) is 3.02. The van der Waals surface area contributed by atoms with Crippen LogP contribution in [0, 0.1) is 13.8 Å². The van der Waals surface area contributed by atoms with Gasteiger partial charge in [0.15, 0.2) is 0 Å². The van der Waals surface area contributed by atoms with Crippen molar-refractivity contribution in [3.63, 3.8) is 0 Å². The van der Waals surface area contributed by atoms with Gasteiger partial charge in [-0.15, -0.1) is 0 Å². The summed E-state index contributed by atoms with van der Waals surface area (Å²) < 4.78 is 0. The van der Waals surface area contributed by atoms with Crippen LogP contribution in [0.25, 0.3) is 75.8 Å². The van der Waals surface area contributed by atoms with Crippen LogP contribution >= 0.6 is 0 Å². The highest BCUT2D eigenvalue weighted by Crippen LogP contribution is 2.47. The number of aryl methyl sites for hydroxylation is 2. The topological polar surface area (TPSA) is 0 Å². The molecule has 0 fully saturated rings. The van der Waals surface area contributed by atoms with Gasteiger partial charge in [-0.25, -0.2) is 0 Å². The minimum atomic E-state index is 0.0635. The first-order valence-electron chi connectivity index (χ1n) is 16.7. The van der Waals surface area contributed by atoms with Gasteiger partial charge >= 0.3 is 0 Å². The van der Waals surface area contributed by atoms with E-state index in [1.54, 1.807) is 0 Å². The molecular formula is C46H42. The quantitative estimate of drug-likeness (QED) is 0.166. The molecule has 0 aliphatic carbocycles. The van der Waals surface area contributed by atoms with Gasteiger partial charge in [-0.3, -0.25) is 0 Å². The smallest absolute Gasteiger partial charge is 0.00175 e. The Bertz CT molecular complexity index is 2360. The van der Waals surface area contributed by atoms with Crippen LogP contribution in [0.15, 0.2) is 109 Å². The van der Waals surface area contributed by atoms with Gasteiger partial charge in [-0.1, -0.05) is 139 Å². The van der Waals surface area contributed by atoms with Gasteiger partial charge in [-0.2, -0.15) is 0 Å². The molecule has 0 N–H and O–H groups in total. The first kappa shape index (κ1) is 28.8. The summed E-state index contributed by atoms with van der Waals surface area (Å²) in [5.41, 5.74) is 8.14. The Labute approximate surface area is 272 Å². The second-order valence-corrected chi connectivity index (χ2v) is 15.5. The Kier molecular flexibility index (Phi) is 6.20. The number of fused-ring (bicyclic) bond motifs is 10. The Morgan fingerprint density at radius 3 is 1.11 bits per heavy atom. The predicted octanol–water partition coefficient (Wildman–Crippen LogP) is 13.5. The van der Waals surface area contributed by atoms with Gasteiger partial charge in [0.25, 0.3) is 0 Å². The average molecular weight is 595 g/mol. The van der Waals surface area contributed by atoms with Crippen molar-refractivity contribution in [2.24, 2.45) is 0 Å². The molecule has 0 spiro atoms. The summed E-state index contributed by atoms with van der Waals surface area (Å²) in [7, 11) is 0. The van der Waals surface area contributed by atoms with Crippen molar-refractivity contribution < 1.29 is 0 Å². The number of hydrogen-bond acceptors (Lipinski definition) is 0. The second kappa shape index (κ2) is 9.91. The lowest BCUT2D eigenvalue weighted by molar-refractivity contribution is 0.591. The molecule has 0 nitrogen and oxygen atoms in total. The fourth-order valence-electron chi connectivity index (χ4n) is 7.86. The molecule has 8 aromatic carbocycles. The number of rotatable bonds is 1. The van der Waals surface area contributed by atoms with Crippen LogP contribution in [0.5, 0.6) is 0 Å². The van der Waals surface area contributed by atoms with E-state index in [0.717, 1.165) is 0 Å². The van der Waals surface area contributed by atoms with E-state index >= 15 is 0 Å². The minimum absolute atomic E-state index is 0.0635. The molecule has 0 unspecified atom stereocenters. The normalized spacial score (nSPS) is 12.8. The summed E-state index contributed by atoms with van der Waals surface area (Å²) in [6.45, 7) is 18.5. The van der Waals surface area contributed by atoms with E-state index in [-0.39, 0.29) is 10.8 Å². The summed E-state index contributed by atoms with van der Waals surface area (Å²) in [4.78, 5) is 0. The molecule has 0 radical (unpaired) electrons. The van der Waals surface area contributed by atoms with Crippen LogP contribution in [0.2, 0.25) is 0 Å². The molecule has 0 aliphatic heterocycles. The van der Waals surface area contributed by atoms with Crippen LogP contribution in [-0.2, 0) is 10.8 Å². The summed E-state index contributed by atoms with van der Waals surface area (Å²) in [5.74, 6) is 0. The standard InChI is InChI=1S/C46H42/c1-27-21-29-13-9-11-15-35(29)43-39(25-31-23-33(45(3,4)5)17-19-37(31)41(27)43)40-26-32-24-34(46(6,7)8)18-20-38(32)42-28(2)22-30-14-10-12-16-36(30)44(40)42/h9-26H,1-8H3. The molecule has 0 heterocycles. The van der Waals surface area contributed by atoms with Crippen molar-refractivity contribution in [1.82, 2.24) is 0 Å². The Morgan fingerprint density at radius 1 is 0.348 bits per heavy atom. The lowest BCUT2D eigenvalue weighted by Crippen LogP contribution is -2.10. The molecule has 46 heavy (non-hydrogen) atoms. The minimum Gasteiger partial charge on any atom is -0.0616 e. The molecule has 0 aromatic heterocycles. The molecule has 8 rings (SSSR count). The van der Waals surface area contributed by atoms with Crippen molar-refractivity contribution in [1.29, 1.82) is 0 Å². The van der Waals surface area contributed by atoms with Gasteiger partial charge in [0, 0.05) is 0 Å². The number of hydrogen-bond donors (Lipinski definition) is 0. The van der Waals surface area contributed by atoms with Crippen LogP contribution in [0.3, 0.4) is 0 Å². The highest BCUT2D eigenvalue weighted by molar-refractivity contribution is 6.30. The maximum Gasteiger partial charge on any atom is -0.00175 e. The molecule has 0 heteroatoms. The highest BCUT2D eigenvalue weighted by atomic mass is 14.3. The van der Waals surface area contributed by atoms with Crippen LogP contribution in [0.1, 0.15) is 63.8 Å². The lowest BCUT2D eigenvalue weighted by Gasteiger charge is -2.23. The third-order valence-electron chi connectivity index (χ3n) is 10.3. The third kappa shape index (κ3) is 4.34. The van der Waals surface area contributed by atoms with Gasteiger partial charge in [-0.05, 0) is 135 Å². The largest absolute Gasteiger partial charge is 0.0616 e. The second-order valence-electron chi connectivity index (χ2n) is 15.5. The molecule has 0 aliphatic rings. The van der Waals surface area contributed by atoms with Gasteiger partial charge in [0.1, 0.15) is 0 Å². The molecule has 8 aromatic rings. The van der Waals surface area contributed by atoms with E-state index in [2.05, 4.69) is 165 Å². The molecule has 0 saturated heterocycles. The highest BCUT2D eigenvalue weighted by Gasteiger charge is 2.22. The van der Waals surface area contributed by atoms with Gasteiger partial charge in [0.2, 0.25) is 0 Å². The molecular weight excluding hydrogens is 553 g/mol. The van der Waals surface area contributed by atoms with Crippen molar-refractivity contribution in [2.75, 3.05) is 0 Å². The summed E-state index contributed by atoms with van der Waals surface area (Å²) in [5, 5.41) is 15.9. The fraction of sp³-hybridized carbons (Fsp3) is 0.217. The monoisotopic (exact) mass is 594 g/mol. The van der Waals surface area contributed by atoms with Gasteiger partial charge < -0.3 is 0 Å². The maximum absolute atomic E-state index is 2.50. The van der Waals surface area contributed by atoms with E-state index in [9.17, 15) is 0 Å². The van der Waals surface area contributed by atoms with Crippen molar-refractivity contribution in [2.45, 2.75) is 66.2 Å². The van der Waals surface area contributed by atoms with E-state index in [0.29, 0.717) is 0 Å². The Hall–Kier alpha value is -4.68. The van der Waals surface area contributed by atoms with E-state index in [1.807, 2.05) is 0 Å². The predicted molar refractivity (Wildman–Crippen MR) is 204 cm³/mol. The zero-order valence-corrected chi connectivity index (χ0v) is 28.4. The van der Waals surface area contributed by atoms with Crippen LogP contribution in [0.4, 0.5) is 0 Å². The fourth-order valence-corrected chi connectivity index (χ4v) is 7.86. The summed E-state index contributed by atoms with van der Waals surface area (Å²) in [6, 6.07) is 42.0. The maximum atomic E-state index is 2.50. The first-order valence-corrected chi connectivity index (χ1v) is 16.7. The van der Waals surface area contributed by atoms with Crippen molar-refractivity contribution >= 4 is 64.6 Å². The first-order chi connectivity index (χ1) is 21.9. The van der Waals surface area contributed by atoms with E-state index < -0.39 is 0 Å². The van der Waals surface area contributed by atoms with Crippen LogP contribution in [-0.4, -0.2) is 0 Å². The molecule has 0 bridgehead atoms. The van der Waals surface area contributed by atoms with Gasteiger partial charge in [0.05, 0.1) is 0 Å². The zero-order chi connectivity index (χ0) is 32.1. The Balaban J connectivity index is 1.66. The number of benzene rings is 8. The molecule has 0 saturated carbocycles. The molecule has 0 amide bonds. The summed E-state index contributed by atoms with van der Waals surface area (Å²) in [6.07, 6.45) is 0. The SMILES string of the molecule is Cc1cc2ccccc2c2c(-c3cc4cc(C(C)(C)C)ccc4c4c(C)cc5ccccc5c34)cc3cc(C(C)(C)C)ccc3c12. The molecule has 0 atom stereocenters. The third-order valence-corrected chi connectivity index (χ3v) is 10.3. The molecule has 226 valence electrons. The van der Waals surface area contributed by atoms with E-state index in [4.69, 9.17) is 0 Å². The Morgan fingerprint density at radius 2 is 0.717 bits per heavy atom. The summed E-state index contributed by atoms with van der Waals surface area (Å²) >= 11 is 0.